The van der Waals surface area contributed by atoms with Gasteiger partial charge >= 0.3 is 6.09 Å². The molecule has 2 aliphatic rings. The molecule has 1 N–H and O–H groups in total. The van der Waals surface area contributed by atoms with Gasteiger partial charge in [-0.25, -0.2) is 4.79 Å². The lowest BCUT2D eigenvalue weighted by atomic mass is 10.2. The van der Waals surface area contributed by atoms with Crippen LogP contribution in [-0.2, 0) is 4.74 Å². The van der Waals surface area contributed by atoms with Crippen molar-refractivity contribution in [2.75, 3.05) is 13.1 Å². The third-order valence-electron chi connectivity index (χ3n) is 2.68. The molecule has 0 radical (unpaired) electrons. The third kappa shape index (κ3) is 1.85. The summed E-state index contributed by atoms with van der Waals surface area (Å²) < 4.78 is 5.33. The fraction of sp³-hybridized carbons (Fsp3) is 0.900. The van der Waals surface area contributed by atoms with Gasteiger partial charge in [0.25, 0.3) is 0 Å². The van der Waals surface area contributed by atoms with Crippen molar-refractivity contribution in [3.63, 3.8) is 0 Å². The molecule has 2 rings (SSSR count). The number of hydrogen-bond acceptors (Lipinski definition) is 3. The molecule has 0 aromatic rings. The Hall–Kier alpha value is -0.770. The number of piperazine rings is 1. The molecule has 0 aromatic heterocycles. The number of carbonyl (C=O) groups is 1. The lowest BCUT2D eigenvalue weighted by Crippen LogP contribution is -2.48. The van der Waals surface area contributed by atoms with Crippen LogP contribution in [0, 0.1) is 0 Å². The van der Waals surface area contributed by atoms with Crippen LogP contribution in [0.15, 0.2) is 0 Å². The smallest absolute Gasteiger partial charge is 0.410 e. The summed E-state index contributed by atoms with van der Waals surface area (Å²) in [6.45, 7) is 7.43. The maximum atomic E-state index is 11.7. The van der Waals surface area contributed by atoms with E-state index in [0.29, 0.717) is 12.1 Å². The van der Waals surface area contributed by atoms with Crippen LogP contribution in [0.5, 0.6) is 0 Å². The van der Waals surface area contributed by atoms with Crippen LogP contribution in [0.1, 0.15) is 27.2 Å². The van der Waals surface area contributed by atoms with Gasteiger partial charge in [0.1, 0.15) is 5.60 Å². The van der Waals surface area contributed by atoms with E-state index in [1.807, 2.05) is 25.7 Å². The summed E-state index contributed by atoms with van der Waals surface area (Å²) in [4.78, 5) is 13.6. The first-order valence-electron chi connectivity index (χ1n) is 5.19. The van der Waals surface area contributed by atoms with Crippen molar-refractivity contribution in [2.24, 2.45) is 0 Å². The number of rotatable bonds is 0. The molecule has 2 atom stereocenters. The summed E-state index contributed by atoms with van der Waals surface area (Å²) in [6, 6.07) is 0.849. The van der Waals surface area contributed by atoms with Gasteiger partial charge in [-0.15, -0.1) is 0 Å². The van der Waals surface area contributed by atoms with Gasteiger partial charge in [0.05, 0.1) is 0 Å². The number of likely N-dealkylation sites (tertiary alicyclic amines) is 1. The Labute approximate surface area is 84.6 Å². The number of carbonyl (C=O) groups excluding carboxylic acids is 1. The molecule has 2 heterocycles. The van der Waals surface area contributed by atoms with Gasteiger partial charge in [-0.2, -0.15) is 0 Å². The van der Waals surface area contributed by atoms with Gasteiger partial charge in [0.2, 0.25) is 0 Å². The average Bonchev–Trinajstić information content (AvgIpc) is 2.59. The molecule has 0 spiro atoms. The largest absolute Gasteiger partial charge is 0.444 e. The van der Waals surface area contributed by atoms with Crippen LogP contribution < -0.4 is 5.32 Å². The van der Waals surface area contributed by atoms with E-state index >= 15 is 0 Å². The predicted molar refractivity (Wildman–Crippen MR) is 53.1 cm³/mol. The summed E-state index contributed by atoms with van der Waals surface area (Å²) in [5, 5.41) is 3.35. The van der Waals surface area contributed by atoms with Crippen LogP contribution in [0.2, 0.25) is 0 Å². The highest BCUT2D eigenvalue weighted by molar-refractivity contribution is 5.69. The Morgan fingerprint density at radius 2 is 2.21 bits per heavy atom. The van der Waals surface area contributed by atoms with Crippen molar-refractivity contribution in [3.05, 3.63) is 0 Å². The Balaban J connectivity index is 1.93. The van der Waals surface area contributed by atoms with Crippen molar-refractivity contribution >= 4 is 6.09 Å². The van der Waals surface area contributed by atoms with Gasteiger partial charge < -0.3 is 15.0 Å². The number of hydrogen-bond donors (Lipinski definition) is 1. The second-order valence-corrected chi connectivity index (χ2v) is 5.13. The Morgan fingerprint density at radius 3 is 2.64 bits per heavy atom. The Kier molecular flexibility index (Phi) is 2.18. The minimum absolute atomic E-state index is 0.161. The van der Waals surface area contributed by atoms with Gasteiger partial charge in [-0.3, -0.25) is 0 Å². The van der Waals surface area contributed by atoms with E-state index in [4.69, 9.17) is 4.74 Å². The maximum Gasteiger partial charge on any atom is 0.410 e. The average molecular weight is 198 g/mol. The molecule has 80 valence electrons. The standard InChI is InChI=1S/C10H18N2O2/c1-10(2,3)14-9(13)12-6-7-4-8(12)5-11-7/h7-8,11H,4-6H2,1-3H3/t7?,8-/m1/s1. The van der Waals surface area contributed by atoms with E-state index in [-0.39, 0.29) is 11.7 Å². The minimum Gasteiger partial charge on any atom is -0.444 e. The van der Waals surface area contributed by atoms with Crippen molar-refractivity contribution in [1.82, 2.24) is 10.2 Å². The first-order chi connectivity index (χ1) is 6.46. The first kappa shape index (κ1) is 9.77. The molecule has 0 saturated carbocycles. The van der Waals surface area contributed by atoms with Gasteiger partial charge in [-0.1, -0.05) is 0 Å². The van der Waals surface area contributed by atoms with E-state index in [0.717, 1.165) is 19.5 Å². The van der Waals surface area contributed by atoms with Gasteiger partial charge in [0.15, 0.2) is 0 Å². The number of ether oxygens (including phenoxy) is 1. The molecule has 2 bridgehead atoms. The first-order valence-corrected chi connectivity index (χ1v) is 5.19. The molecule has 2 fully saturated rings. The SMILES string of the molecule is CC(C)(C)OC(=O)N1CC2C[C@@H]1CN2. The molecule has 0 aromatic carbocycles. The molecule has 1 unspecified atom stereocenters. The number of amides is 1. The van der Waals surface area contributed by atoms with Crippen molar-refractivity contribution in [2.45, 2.75) is 44.9 Å². The fourth-order valence-electron chi connectivity index (χ4n) is 2.10. The van der Waals surface area contributed by atoms with E-state index in [9.17, 15) is 4.79 Å². The van der Waals surface area contributed by atoms with E-state index < -0.39 is 0 Å². The van der Waals surface area contributed by atoms with Crippen LogP contribution in [0.3, 0.4) is 0 Å². The molecule has 1 amide bonds. The molecular formula is C10H18N2O2. The predicted octanol–water partition coefficient (Wildman–Crippen LogP) is 0.968. The molecule has 0 aliphatic carbocycles. The van der Waals surface area contributed by atoms with Crippen LogP contribution in [-0.4, -0.2) is 41.8 Å². The minimum atomic E-state index is -0.383. The fourth-order valence-corrected chi connectivity index (χ4v) is 2.10. The summed E-state index contributed by atoms with van der Waals surface area (Å²) in [7, 11) is 0. The highest BCUT2D eigenvalue weighted by atomic mass is 16.6. The number of fused-ring (bicyclic) bond motifs is 2. The highest BCUT2D eigenvalue weighted by Gasteiger charge is 2.41. The highest BCUT2D eigenvalue weighted by Crippen LogP contribution is 2.25. The van der Waals surface area contributed by atoms with Gasteiger partial charge in [-0.05, 0) is 27.2 Å². The molecule has 2 aliphatic heterocycles. The molecule has 4 heteroatoms. The number of nitrogens with zero attached hydrogens (tertiary/aromatic N) is 1. The zero-order chi connectivity index (χ0) is 10.3. The summed E-state index contributed by atoms with van der Waals surface area (Å²) in [5.41, 5.74) is -0.383. The second kappa shape index (κ2) is 3.12. The Bertz CT molecular complexity index is 247. The zero-order valence-electron chi connectivity index (χ0n) is 9.04. The van der Waals surface area contributed by atoms with Crippen LogP contribution >= 0.6 is 0 Å². The van der Waals surface area contributed by atoms with Crippen molar-refractivity contribution < 1.29 is 9.53 Å². The molecular weight excluding hydrogens is 180 g/mol. The topological polar surface area (TPSA) is 41.6 Å². The lowest BCUT2D eigenvalue weighted by Gasteiger charge is -2.30. The van der Waals surface area contributed by atoms with Crippen LogP contribution in [0.4, 0.5) is 4.79 Å². The lowest BCUT2D eigenvalue weighted by molar-refractivity contribution is 0.0204. The summed E-state index contributed by atoms with van der Waals surface area (Å²) >= 11 is 0. The Morgan fingerprint density at radius 1 is 1.50 bits per heavy atom. The molecule has 14 heavy (non-hydrogen) atoms. The third-order valence-corrected chi connectivity index (χ3v) is 2.68. The quantitative estimate of drug-likeness (QED) is 0.630. The van der Waals surface area contributed by atoms with E-state index in [1.165, 1.54) is 0 Å². The summed E-state index contributed by atoms with van der Waals surface area (Å²) in [5.74, 6) is 0. The van der Waals surface area contributed by atoms with E-state index in [2.05, 4.69) is 5.32 Å². The molecule has 2 saturated heterocycles. The maximum absolute atomic E-state index is 11.7. The normalized spacial score (nSPS) is 30.9. The van der Waals surface area contributed by atoms with Crippen LogP contribution in [0.25, 0.3) is 0 Å². The van der Waals surface area contributed by atoms with Crippen molar-refractivity contribution in [1.29, 1.82) is 0 Å². The van der Waals surface area contributed by atoms with E-state index in [1.54, 1.807) is 0 Å². The van der Waals surface area contributed by atoms with Crippen molar-refractivity contribution in [3.8, 4) is 0 Å². The summed E-state index contributed by atoms with van der Waals surface area (Å²) in [6.07, 6.45) is 0.922. The zero-order valence-corrected chi connectivity index (χ0v) is 9.04. The molecule has 4 nitrogen and oxygen atoms in total. The number of nitrogens with one attached hydrogen (secondary N) is 1. The van der Waals surface area contributed by atoms with Gasteiger partial charge in [0, 0.05) is 25.2 Å². The monoisotopic (exact) mass is 198 g/mol. The second-order valence-electron chi connectivity index (χ2n) is 5.13.